The minimum absolute atomic E-state index is 1.16. The number of halogens is 1. The summed E-state index contributed by atoms with van der Waals surface area (Å²) in [6, 6.07) is 17.3. The molecular formula is C17H19Br. The molecule has 0 nitrogen and oxygen atoms in total. The highest BCUT2D eigenvalue weighted by atomic mass is 79.9. The highest BCUT2D eigenvalue weighted by Crippen LogP contribution is 2.27. The van der Waals surface area contributed by atoms with Crippen molar-refractivity contribution >= 4 is 15.9 Å². The SMILES string of the molecule is CCCCCc1cc(Br)ccc1-c1ccccc1. The summed E-state index contributed by atoms with van der Waals surface area (Å²) in [7, 11) is 0. The van der Waals surface area contributed by atoms with Crippen molar-refractivity contribution in [3.8, 4) is 11.1 Å². The Bertz CT molecular complexity index is 488. The van der Waals surface area contributed by atoms with Gasteiger partial charge in [-0.25, -0.2) is 0 Å². The molecule has 0 saturated carbocycles. The summed E-state index contributed by atoms with van der Waals surface area (Å²) in [5.74, 6) is 0. The van der Waals surface area contributed by atoms with Gasteiger partial charge >= 0.3 is 0 Å². The first kappa shape index (κ1) is 13.4. The van der Waals surface area contributed by atoms with Gasteiger partial charge in [-0.3, -0.25) is 0 Å². The minimum Gasteiger partial charge on any atom is -0.0654 e. The van der Waals surface area contributed by atoms with Crippen molar-refractivity contribution in [1.82, 2.24) is 0 Å². The number of aryl methyl sites for hydroxylation is 1. The maximum Gasteiger partial charge on any atom is 0.0178 e. The van der Waals surface area contributed by atoms with Gasteiger partial charge in [0.2, 0.25) is 0 Å². The Morgan fingerprint density at radius 1 is 0.944 bits per heavy atom. The van der Waals surface area contributed by atoms with Crippen molar-refractivity contribution in [2.24, 2.45) is 0 Å². The van der Waals surface area contributed by atoms with Crippen LogP contribution in [0.5, 0.6) is 0 Å². The van der Waals surface area contributed by atoms with E-state index in [1.807, 2.05) is 0 Å². The molecular weight excluding hydrogens is 284 g/mol. The minimum atomic E-state index is 1.16. The van der Waals surface area contributed by atoms with Crippen LogP contribution < -0.4 is 0 Å². The second-order valence-corrected chi connectivity index (χ2v) is 5.54. The van der Waals surface area contributed by atoms with E-state index in [-0.39, 0.29) is 0 Å². The van der Waals surface area contributed by atoms with Crippen LogP contribution in [0, 0.1) is 0 Å². The average molecular weight is 303 g/mol. The zero-order chi connectivity index (χ0) is 12.8. The van der Waals surface area contributed by atoms with E-state index in [4.69, 9.17) is 0 Å². The lowest BCUT2D eigenvalue weighted by Crippen LogP contribution is -1.91. The van der Waals surface area contributed by atoms with E-state index < -0.39 is 0 Å². The molecule has 0 spiro atoms. The lowest BCUT2D eigenvalue weighted by Gasteiger charge is -2.10. The lowest BCUT2D eigenvalue weighted by molar-refractivity contribution is 0.718. The molecule has 0 aromatic heterocycles. The Balaban J connectivity index is 2.29. The summed E-state index contributed by atoms with van der Waals surface area (Å²) >= 11 is 3.58. The third kappa shape index (κ3) is 3.46. The average Bonchev–Trinajstić information content (AvgIpc) is 2.40. The maximum absolute atomic E-state index is 3.58. The van der Waals surface area contributed by atoms with Gasteiger partial charge in [0.05, 0.1) is 0 Å². The molecule has 0 aliphatic rings. The molecule has 0 bridgehead atoms. The Hall–Kier alpha value is -1.08. The van der Waals surface area contributed by atoms with Gasteiger partial charge in [-0.1, -0.05) is 72.1 Å². The van der Waals surface area contributed by atoms with Crippen LogP contribution in [-0.4, -0.2) is 0 Å². The molecule has 0 fully saturated rings. The van der Waals surface area contributed by atoms with Gasteiger partial charge in [0.1, 0.15) is 0 Å². The molecule has 2 rings (SSSR count). The monoisotopic (exact) mass is 302 g/mol. The number of hydrogen-bond donors (Lipinski definition) is 0. The number of unbranched alkanes of at least 4 members (excludes halogenated alkanes) is 2. The molecule has 0 radical (unpaired) electrons. The molecule has 0 aliphatic carbocycles. The summed E-state index contributed by atoms with van der Waals surface area (Å²) in [5, 5.41) is 0. The topological polar surface area (TPSA) is 0 Å². The van der Waals surface area contributed by atoms with Crippen molar-refractivity contribution in [2.45, 2.75) is 32.6 Å². The normalized spacial score (nSPS) is 10.6. The van der Waals surface area contributed by atoms with Gasteiger partial charge < -0.3 is 0 Å². The fourth-order valence-corrected chi connectivity index (χ4v) is 2.64. The quantitative estimate of drug-likeness (QED) is 0.608. The number of rotatable bonds is 5. The highest BCUT2D eigenvalue weighted by Gasteiger charge is 2.05. The third-order valence-corrected chi connectivity index (χ3v) is 3.70. The molecule has 18 heavy (non-hydrogen) atoms. The summed E-state index contributed by atoms with van der Waals surface area (Å²) in [4.78, 5) is 0. The van der Waals surface area contributed by atoms with Gasteiger partial charge in [0.15, 0.2) is 0 Å². The van der Waals surface area contributed by atoms with Crippen LogP contribution in [0.4, 0.5) is 0 Å². The maximum atomic E-state index is 3.58. The zero-order valence-corrected chi connectivity index (χ0v) is 12.4. The number of benzene rings is 2. The first-order valence-corrected chi connectivity index (χ1v) is 7.44. The van der Waals surface area contributed by atoms with Crippen LogP contribution in [0.3, 0.4) is 0 Å². The molecule has 0 atom stereocenters. The van der Waals surface area contributed by atoms with Crippen molar-refractivity contribution < 1.29 is 0 Å². The van der Waals surface area contributed by atoms with Gasteiger partial charge in [0, 0.05) is 4.47 Å². The number of hydrogen-bond acceptors (Lipinski definition) is 0. The third-order valence-electron chi connectivity index (χ3n) is 3.20. The lowest BCUT2D eigenvalue weighted by atomic mass is 9.96. The van der Waals surface area contributed by atoms with Crippen LogP contribution in [-0.2, 0) is 6.42 Å². The van der Waals surface area contributed by atoms with Gasteiger partial charge in [-0.15, -0.1) is 0 Å². The summed E-state index contributed by atoms with van der Waals surface area (Å²) < 4.78 is 1.17. The van der Waals surface area contributed by atoms with Crippen molar-refractivity contribution in [3.05, 3.63) is 58.6 Å². The summed E-state index contributed by atoms with van der Waals surface area (Å²) in [5.41, 5.74) is 4.13. The van der Waals surface area contributed by atoms with E-state index >= 15 is 0 Å². The van der Waals surface area contributed by atoms with Crippen LogP contribution in [0.25, 0.3) is 11.1 Å². The molecule has 0 saturated heterocycles. The second-order valence-electron chi connectivity index (χ2n) is 4.62. The largest absolute Gasteiger partial charge is 0.0654 e. The van der Waals surface area contributed by atoms with E-state index in [0.29, 0.717) is 0 Å². The Kier molecular flexibility index (Phi) is 5.00. The molecule has 94 valence electrons. The van der Waals surface area contributed by atoms with Crippen molar-refractivity contribution in [2.75, 3.05) is 0 Å². The molecule has 2 aromatic carbocycles. The highest BCUT2D eigenvalue weighted by molar-refractivity contribution is 9.10. The molecule has 1 heteroatoms. The van der Waals surface area contributed by atoms with Crippen LogP contribution in [0.2, 0.25) is 0 Å². The first-order chi connectivity index (χ1) is 8.81. The molecule has 0 N–H and O–H groups in total. The van der Waals surface area contributed by atoms with E-state index in [2.05, 4.69) is 71.4 Å². The van der Waals surface area contributed by atoms with Crippen molar-refractivity contribution in [3.63, 3.8) is 0 Å². The van der Waals surface area contributed by atoms with Crippen molar-refractivity contribution in [1.29, 1.82) is 0 Å². The predicted molar refractivity (Wildman–Crippen MR) is 82.8 cm³/mol. The Labute approximate surface area is 118 Å². The van der Waals surface area contributed by atoms with E-state index in [0.717, 1.165) is 6.42 Å². The van der Waals surface area contributed by atoms with Gasteiger partial charge in [-0.2, -0.15) is 0 Å². The molecule has 0 unspecified atom stereocenters. The van der Waals surface area contributed by atoms with E-state index in [9.17, 15) is 0 Å². The summed E-state index contributed by atoms with van der Waals surface area (Å²) in [6.07, 6.45) is 5.01. The van der Waals surface area contributed by atoms with E-state index in [1.54, 1.807) is 0 Å². The van der Waals surface area contributed by atoms with Gasteiger partial charge in [0.25, 0.3) is 0 Å². The van der Waals surface area contributed by atoms with E-state index in [1.165, 1.54) is 40.4 Å². The molecule has 0 aliphatic heterocycles. The smallest absolute Gasteiger partial charge is 0.0178 e. The fraction of sp³-hybridized carbons (Fsp3) is 0.294. The van der Waals surface area contributed by atoms with Crippen LogP contribution in [0.1, 0.15) is 31.7 Å². The molecule has 2 aromatic rings. The Morgan fingerprint density at radius 3 is 2.44 bits per heavy atom. The second kappa shape index (κ2) is 6.75. The molecule has 0 amide bonds. The Morgan fingerprint density at radius 2 is 1.72 bits per heavy atom. The molecule has 0 heterocycles. The van der Waals surface area contributed by atoms with Crippen LogP contribution >= 0.6 is 15.9 Å². The fourth-order valence-electron chi connectivity index (χ4n) is 2.23. The standard InChI is InChI=1S/C17H19Br/c1-2-3-5-10-15-13-16(18)11-12-17(15)14-8-6-4-7-9-14/h4,6-9,11-13H,2-3,5,10H2,1H3. The first-order valence-electron chi connectivity index (χ1n) is 6.65. The van der Waals surface area contributed by atoms with Crippen LogP contribution in [0.15, 0.2) is 53.0 Å². The zero-order valence-electron chi connectivity index (χ0n) is 10.8. The predicted octanol–water partition coefficient (Wildman–Crippen LogP) is 5.85. The van der Waals surface area contributed by atoms with Gasteiger partial charge in [-0.05, 0) is 41.7 Å². The summed E-state index contributed by atoms with van der Waals surface area (Å²) in [6.45, 7) is 2.25.